The fourth-order valence-electron chi connectivity index (χ4n) is 4.94. The molecule has 33 heavy (non-hydrogen) atoms. The number of nitrogens with zero attached hydrogens (tertiary/aromatic N) is 6. The standard InChI is InChI=1S/C25H30N6O2/c1-28-9-14-31(25(19-28)7-8-25)23-16-22(15-21(17-26)27-23)29-10-12-30(13-11-29)24(32)33-18-20-5-3-2-4-6-20/h2-6,15-16H,7-14,18-19H2,1H3. The van der Waals surface area contributed by atoms with Gasteiger partial charge in [-0.3, -0.25) is 0 Å². The van der Waals surface area contributed by atoms with Gasteiger partial charge in [-0.15, -0.1) is 0 Å². The highest BCUT2D eigenvalue weighted by atomic mass is 16.6. The number of hydrogen-bond donors (Lipinski definition) is 0. The average Bonchev–Trinajstić information content (AvgIpc) is 3.61. The zero-order valence-corrected chi connectivity index (χ0v) is 19.1. The van der Waals surface area contributed by atoms with Gasteiger partial charge in [-0.1, -0.05) is 30.3 Å². The van der Waals surface area contributed by atoms with Crippen molar-refractivity contribution < 1.29 is 9.53 Å². The third-order valence-electron chi connectivity index (χ3n) is 6.97. The van der Waals surface area contributed by atoms with Crippen LogP contribution in [-0.4, -0.2) is 79.3 Å². The number of piperazine rings is 2. The van der Waals surface area contributed by atoms with Crippen molar-refractivity contribution in [3.63, 3.8) is 0 Å². The predicted molar refractivity (Wildman–Crippen MR) is 126 cm³/mol. The first kappa shape index (κ1) is 21.5. The predicted octanol–water partition coefficient (Wildman–Crippen LogP) is 2.70. The molecule has 2 aromatic rings. The smallest absolute Gasteiger partial charge is 0.410 e. The van der Waals surface area contributed by atoms with Crippen LogP contribution in [0.5, 0.6) is 0 Å². The van der Waals surface area contributed by atoms with Crippen molar-refractivity contribution in [3.05, 3.63) is 53.7 Å². The van der Waals surface area contributed by atoms with Gasteiger partial charge in [-0.25, -0.2) is 9.78 Å². The summed E-state index contributed by atoms with van der Waals surface area (Å²) in [4.78, 5) is 26.0. The highest BCUT2D eigenvalue weighted by Crippen LogP contribution is 2.46. The van der Waals surface area contributed by atoms with Crippen LogP contribution in [0.15, 0.2) is 42.5 Å². The summed E-state index contributed by atoms with van der Waals surface area (Å²) in [6, 6.07) is 15.9. The van der Waals surface area contributed by atoms with Crippen molar-refractivity contribution in [1.82, 2.24) is 14.8 Å². The molecule has 1 aromatic heterocycles. The lowest BCUT2D eigenvalue weighted by atomic mass is 10.1. The highest BCUT2D eigenvalue weighted by molar-refractivity contribution is 5.68. The van der Waals surface area contributed by atoms with Crippen molar-refractivity contribution in [2.75, 3.05) is 62.7 Å². The Morgan fingerprint density at radius 2 is 1.85 bits per heavy atom. The zero-order valence-electron chi connectivity index (χ0n) is 19.1. The minimum atomic E-state index is -0.278. The number of benzene rings is 1. The Morgan fingerprint density at radius 3 is 2.55 bits per heavy atom. The summed E-state index contributed by atoms with van der Waals surface area (Å²) in [5, 5.41) is 9.61. The Morgan fingerprint density at radius 1 is 1.09 bits per heavy atom. The van der Waals surface area contributed by atoms with Gasteiger partial charge < -0.3 is 24.3 Å². The van der Waals surface area contributed by atoms with Gasteiger partial charge in [0.05, 0.1) is 5.54 Å². The van der Waals surface area contributed by atoms with Crippen LogP contribution in [0.1, 0.15) is 24.1 Å². The fourth-order valence-corrected chi connectivity index (χ4v) is 4.94. The van der Waals surface area contributed by atoms with E-state index in [-0.39, 0.29) is 18.2 Å². The maximum Gasteiger partial charge on any atom is 0.410 e. The van der Waals surface area contributed by atoms with Crippen LogP contribution in [0, 0.1) is 11.3 Å². The summed E-state index contributed by atoms with van der Waals surface area (Å²) in [6.07, 6.45) is 2.07. The second kappa shape index (κ2) is 8.91. The van der Waals surface area contributed by atoms with Crippen molar-refractivity contribution in [3.8, 4) is 6.07 Å². The Kier molecular flexibility index (Phi) is 5.81. The molecule has 8 nitrogen and oxygen atoms in total. The van der Waals surface area contributed by atoms with Crippen LogP contribution in [-0.2, 0) is 11.3 Å². The lowest BCUT2D eigenvalue weighted by Gasteiger charge is -2.42. The molecule has 0 atom stereocenters. The van der Waals surface area contributed by atoms with Crippen LogP contribution in [0.3, 0.4) is 0 Å². The van der Waals surface area contributed by atoms with Crippen molar-refractivity contribution >= 4 is 17.6 Å². The van der Waals surface area contributed by atoms with Crippen molar-refractivity contribution in [2.45, 2.75) is 25.0 Å². The first-order valence-corrected chi connectivity index (χ1v) is 11.7. The lowest BCUT2D eigenvalue weighted by Crippen LogP contribution is -2.54. The minimum Gasteiger partial charge on any atom is -0.445 e. The number of carbonyl (C=O) groups excluding carboxylic acids is 1. The number of pyridine rings is 1. The molecule has 3 fully saturated rings. The summed E-state index contributed by atoms with van der Waals surface area (Å²) in [5.74, 6) is 0.902. The van der Waals surface area contributed by atoms with E-state index in [4.69, 9.17) is 4.74 Å². The molecule has 0 bridgehead atoms. The van der Waals surface area contributed by atoms with Crippen molar-refractivity contribution in [2.24, 2.45) is 0 Å². The van der Waals surface area contributed by atoms with E-state index in [2.05, 4.69) is 38.9 Å². The largest absolute Gasteiger partial charge is 0.445 e. The molecule has 1 spiro atoms. The molecule has 2 aliphatic heterocycles. The molecule has 3 aliphatic rings. The van der Waals surface area contributed by atoms with E-state index in [0.717, 1.165) is 36.7 Å². The second-order valence-corrected chi connectivity index (χ2v) is 9.31. The van der Waals surface area contributed by atoms with E-state index in [1.807, 2.05) is 36.4 Å². The molecule has 0 radical (unpaired) electrons. The Bertz CT molecular complexity index is 1040. The van der Waals surface area contributed by atoms with Gasteiger partial charge in [0.15, 0.2) is 0 Å². The van der Waals surface area contributed by atoms with Crippen LogP contribution >= 0.6 is 0 Å². The van der Waals surface area contributed by atoms with E-state index >= 15 is 0 Å². The maximum atomic E-state index is 12.5. The van der Waals surface area contributed by atoms with Crippen LogP contribution in [0.25, 0.3) is 0 Å². The molecule has 5 rings (SSSR count). The molecule has 1 aliphatic carbocycles. The summed E-state index contributed by atoms with van der Waals surface area (Å²) < 4.78 is 5.49. The van der Waals surface area contributed by atoms with Gasteiger partial charge in [0.2, 0.25) is 0 Å². The lowest BCUT2D eigenvalue weighted by molar-refractivity contribution is 0.0942. The van der Waals surface area contributed by atoms with Crippen molar-refractivity contribution in [1.29, 1.82) is 5.26 Å². The molecule has 1 saturated carbocycles. The SMILES string of the molecule is CN1CCN(c2cc(N3CCN(C(=O)OCc4ccccc4)CC3)cc(C#N)n2)C2(CC2)C1. The number of rotatable bonds is 4. The molecule has 0 N–H and O–H groups in total. The van der Waals surface area contributed by atoms with Crippen LogP contribution < -0.4 is 9.80 Å². The molecule has 172 valence electrons. The molecule has 2 saturated heterocycles. The molecular formula is C25H30N6O2. The van der Waals surface area contributed by atoms with E-state index in [1.54, 1.807) is 4.90 Å². The van der Waals surface area contributed by atoms with Crippen LogP contribution in [0.2, 0.25) is 0 Å². The molecule has 1 aromatic carbocycles. The van der Waals surface area contributed by atoms with Gasteiger partial charge >= 0.3 is 6.09 Å². The summed E-state index contributed by atoms with van der Waals surface area (Å²) in [6.45, 7) is 5.83. The fraction of sp³-hybridized carbons (Fsp3) is 0.480. The number of hydrogen-bond acceptors (Lipinski definition) is 7. The van der Waals surface area contributed by atoms with E-state index < -0.39 is 0 Å². The third-order valence-corrected chi connectivity index (χ3v) is 6.97. The number of likely N-dealkylation sites (N-methyl/N-ethyl adjacent to an activating group) is 1. The summed E-state index contributed by atoms with van der Waals surface area (Å²) >= 11 is 0. The van der Waals surface area contributed by atoms with E-state index in [9.17, 15) is 10.1 Å². The summed E-state index contributed by atoms with van der Waals surface area (Å²) in [5.41, 5.74) is 2.60. The third kappa shape index (κ3) is 4.60. The quantitative estimate of drug-likeness (QED) is 0.715. The summed E-state index contributed by atoms with van der Waals surface area (Å²) in [7, 11) is 2.17. The number of nitriles is 1. The van der Waals surface area contributed by atoms with Crippen LogP contribution in [0.4, 0.5) is 16.3 Å². The second-order valence-electron chi connectivity index (χ2n) is 9.31. The van der Waals surface area contributed by atoms with Gasteiger partial charge in [-0.2, -0.15) is 5.26 Å². The van der Waals surface area contributed by atoms with Gasteiger partial charge in [0.1, 0.15) is 24.2 Å². The Labute approximate surface area is 195 Å². The number of ether oxygens (including phenoxy) is 1. The Hall–Kier alpha value is -3.31. The molecular weight excluding hydrogens is 416 g/mol. The van der Waals surface area contributed by atoms with Gasteiger partial charge in [-0.05, 0) is 31.5 Å². The zero-order chi connectivity index (χ0) is 22.8. The Balaban J connectivity index is 1.24. The normalized spacial score (nSPS) is 19.9. The highest BCUT2D eigenvalue weighted by Gasteiger charge is 2.51. The van der Waals surface area contributed by atoms with E-state index in [0.29, 0.717) is 31.9 Å². The first-order valence-electron chi connectivity index (χ1n) is 11.7. The van der Waals surface area contributed by atoms with Gasteiger partial charge in [0, 0.05) is 57.6 Å². The molecule has 8 heteroatoms. The topological polar surface area (TPSA) is 75.9 Å². The van der Waals surface area contributed by atoms with E-state index in [1.165, 1.54) is 12.8 Å². The average molecular weight is 447 g/mol. The number of carbonyl (C=O) groups is 1. The molecule has 1 amide bonds. The monoisotopic (exact) mass is 446 g/mol. The van der Waals surface area contributed by atoms with Gasteiger partial charge in [0.25, 0.3) is 0 Å². The minimum absolute atomic E-state index is 0.173. The molecule has 3 heterocycles. The number of anilines is 2. The molecule has 0 unspecified atom stereocenters. The number of amides is 1. The maximum absolute atomic E-state index is 12.5. The first-order chi connectivity index (χ1) is 16.1. The number of aromatic nitrogens is 1.